The molecule has 60 heavy (non-hydrogen) atoms. The van der Waals surface area contributed by atoms with E-state index in [1.54, 1.807) is 0 Å². The van der Waals surface area contributed by atoms with Gasteiger partial charge in [-0.3, -0.25) is 9.59 Å². The van der Waals surface area contributed by atoms with Crippen LogP contribution in [0.3, 0.4) is 0 Å². The van der Waals surface area contributed by atoms with Crippen molar-refractivity contribution in [1.82, 2.24) is 0 Å². The molecule has 0 bridgehead atoms. The molecular formula is C52H96NO7+. The van der Waals surface area contributed by atoms with Gasteiger partial charge in [0.25, 0.3) is 0 Å². The molecule has 2 atom stereocenters. The van der Waals surface area contributed by atoms with Gasteiger partial charge < -0.3 is 23.8 Å². The zero-order valence-electron chi connectivity index (χ0n) is 39.9. The maximum absolute atomic E-state index is 12.7. The van der Waals surface area contributed by atoms with Crippen molar-refractivity contribution in [3.63, 3.8) is 0 Å². The van der Waals surface area contributed by atoms with E-state index in [1.807, 2.05) is 21.1 Å². The van der Waals surface area contributed by atoms with Crippen LogP contribution < -0.4 is 0 Å². The van der Waals surface area contributed by atoms with Crippen LogP contribution >= 0.6 is 0 Å². The van der Waals surface area contributed by atoms with E-state index in [1.165, 1.54) is 128 Å². The van der Waals surface area contributed by atoms with Crippen LogP contribution in [0.2, 0.25) is 0 Å². The first-order valence-electron chi connectivity index (χ1n) is 25.0. The number of aliphatic carboxylic acids is 1. The highest BCUT2D eigenvalue weighted by Crippen LogP contribution is 2.14. The summed E-state index contributed by atoms with van der Waals surface area (Å²) in [6.07, 6.45) is 50.5. The Hall–Kier alpha value is -2.45. The van der Waals surface area contributed by atoms with Crippen molar-refractivity contribution >= 4 is 17.9 Å². The van der Waals surface area contributed by atoms with E-state index in [0.29, 0.717) is 19.3 Å². The topological polar surface area (TPSA) is 99.1 Å². The Labute approximate surface area is 370 Å². The van der Waals surface area contributed by atoms with E-state index in [0.717, 1.165) is 64.2 Å². The highest BCUT2D eigenvalue weighted by Gasteiger charge is 2.31. The molecule has 0 saturated carbocycles. The van der Waals surface area contributed by atoms with Crippen molar-refractivity contribution < 1.29 is 38.2 Å². The lowest BCUT2D eigenvalue weighted by atomic mass is 10.1. The third kappa shape index (κ3) is 40.9. The summed E-state index contributed by atoms with van der Waals surface area (Å²) in [4.78, 5) is 37.1. The van der Waals surface area contributed by atoms with Gasteiger partial charge in [0.05, 0.1) is 34.4 Å². The molecule has 0 aromatic heterocycles. The van der Waals surface area contributed by atoms with Crippen molar-refractivity contribution in [3.8, 4) is 0 Å². The van der Waals surface area contributed by atoms with Gasteiger partial charge >= 0.3 is 17.9 Å². The van der Waals surface area contributed by atoms with E-state index >= 15 is 0 Å². The second-order valence-corrected chi connectivity index (χ2v) is 18.1. The average Bonchev–Trinajstić information content (AvgIpc) is 3.21. The molecule has 350 valence electrons. The van der Waals surface area contributed by atoms with E-state index in [-0.39, 0.29) is 36.2 Å². The highest BCUT2D eigenvalue weighted by atomic mass is 16.6. The minimum atomic E-state index is -0.877. The van der Waals surface area contributed by atoms with Gasteiger partial charge in [-0.1, -0.05) is 172 Å². The van der Waals surface area contributed by atoms with Crippen molar-refractivity contribution in [1.29, 1.82) is 0 Å². The van der Waals surface area contributed by atoms with Crippen molar-refractivity contribution in [2.45, 2.75) is 238 Å². The van der Waals surface area contributed by atoms with Crippen LogP contribution in [-0.4, -0.2) is 80.6 Å². The number of ether oxygens (including phenoxy) is 3. The van der Waals surface area contributed by atoms with E-state index < -0.39 is 18.1 Å². The van der Waals surface area contributed by atoms with Gasteiger partial charge in [0.1, 0.15) is 6.61 Å². The standard InChI is InChI=1S/C52H95NO7/c1-6-8-10-12-14-16-18-20-22-23-24-25-26-27-28-29-31-32-34-36-38-40-42-50(54)59-47-48(46-58-45-44-49(52(56)57)53(3,4)5)60-51(55)43-41-39-37-35-33-30-21-19-17-15-13-11-9-7-2/h23-24,26-27,30,33,48-49H,6-22,25,28-29,31-32,34-47H2,1-5H3/p+1/b24-23+,27-26+,33-30+. The van der Waals surface area contributed by atoms with E-state index in [9.17, 15) is 19.5 Å². The third-order valence-electron chi connectivity index (χ3n) is 11.3. The predicted molar refractivity (Wildman–Crippen MR) is 252 cm³/mol. The molecule has 0 heterocycles. The molecule has 0 aliphatic rings. The number of carbonyl (C=O) groups excluding carboxylic acids is 2. The lowest BCUT2D eigenvalue weighted by Crippen LogP contribution is -2.50. The number of allylic oxidation sites excluding steroid dienone is 6. The SMILES string of the molecule is CCCCCCCCC/C=C/CCCCCC(=O)OC(COCCC(C(=O)O)[N+](C)(C)C)COC(=O)CCCCCCCCC/C=C/C/C=C/CCCCCCCCCC. The first kappa shape index (κ1) is 57.5. The number of carboxylic acid groups (broad SMARTS) is 1. The molecule has 2 unspecified atom stereocenters. The molecular weight excluding hydrogens is 751 g/mol. The molecule has 0 fully saturated rings. The first-order chi connectivity index (χ1) is 29.1. The smallest absolute Gasteiger partial charge is 0.362 e. The average molecular weight is 847 g/mol. The Kier molecular flexibility index (Phi) is 41.4. The Morgan fingerprint density at radius 3 is 1.32 bits per heavy atom. The Morgan fingerprint density at radius 2 is 0.883 bits per heavy atom. The third-order valence-corrected chi connectivity index (χ3v) is 11.3. The van der Waals surface area contributed by atoms with Gasteiger partial charge in [0, 0.05) is 19.3 Å². The molecule has 8 heteroatoms. The van der Waals surface area contributed by atoms with Crippen LogP contribution in [0.1, 0.15) is 226 Å². The number of hydrogen-bond acceptors (Lipinski definition) is 6. The fourth-order valence-corrected chi connectivity index (χ4v) is 7.35. The Morgan fingerprint density at radius 1 is 0.500 bits per heavy atom. The molecule has 0 aliphatic heterocycles. The summed E-state index contributed by atoms with van der Waals surface area (Å²) in [7, 11) is 5.53. The van der Waals surface area contributed by atoms with E-state index in [4.69, 9.17) is 14.2 Å². The Bertz CT molecular complexity index is 1080. The van der Waals surface area contributed by atoms with Crippen LogP contribution in [0.4, 0.5) is 0 Å². The fourth-order valence-electron chi connectivity index (χ4n) is 7.35. The lowest BCUT2D eigenvalue weighted by Gasteiger charge is -2.31. The van der Waals surface area contributed by atoms with Crippen molar-refractivity contribution in [3.05, 3.63) is 36.5 Å². The zero-order valence-corrected chi connectivity index (χ0v) is 39.9. The number of unbranched alkanes of at least 4 members (excludes halogenated alkanes) is 25. The monoisotopic (exact) mass is 847 g/mol. The second kappa shape index (κ2) is 43.2. The van der Waals surface area contributed by atoms with Crippen LogP contribution in [-0.2, 0) is 28.6 Å². The molecule has 0 amide bonds. The lowest BCUT2D eigenvalue weighted by molar-refractivity contribution is -0.887. The van der Waals surface area contributed by atoms with Crippen molar-refractivity contribution in [2.24, 2.45) is 0 Å². The number of carboxylic acids is 1. The molecule has 0 aromatic rings. The van der Waals surface area contributed by atoms with Gasteiger partial charge in [0.15, 0.2) is 12.1 Å². The van der Waals surface area contributed by atoms with Crippen LogP contribution in [0.5, 0.6) is 0 Å². The number of nitrogens with zero attached hydrogens (tertiary/aromatic N) is 1. The number of hydrogen-bond donors (Lipinski definition) is 1. The normalized spacial score (nSPS) is 13.2. The van der Waals surface area contributed by atoms with Crippen LogP contribution in [0.25, 0.3) is 0 Å². The quantitative estimate of drug-likeness (QED) is 0.0282. The van der Waals surface area contributed by atoms with Gasteiger partial charge in [0.2, 0.25) is 0 Å². The predicted octanol–water partition coefficient (Wildman–Crippen LogP) is 14.2. The summed E-state index contributed by atoms with van der Waals surface area (Å²) in [5, 5.41) is 9.64. The first-order valence-corrected chi connectivity index (χ1v) is 25.0. The molecule has 0 aromatic carbocycles. The zero-order chi connectivity index (χ0) is 44.2. The summed E-state index contributed by atoms with van der Waals surface area (Å²) < 4.78 is 17.3. The van der Waals surface area contributed by atoms with Gasteiger partial charge in [-0.05, 0) is 70.6 Å². The number of rotatable bonds is 45. The van der Waals surface area contributed by atoms with Crippen LogP contribution in [0, 0.1) is 0 Å². The summed E-state index contributed by atoms with van der Waals surface area (Å²) in [6, 6.07) is -0.618. The van der Waals surface area contributed by atoms with Crippen LogP contribution in [0.15, 0.2) is 36.5 Å². The summed E-state index contributed by atoms with van der Waals surface area (Å²) >= 11 is 0. The molecule has 0 spiro atoms. The number of carbonyl (C=O) groups is 3. The van der Waals surface area contributed by atoms with Gasteiger partial charge in [-0.25, -0.2) is 4.79 Å². The van der Waals surface area contributed by atoms with Gasteiger partial charge in [-0.15, -0.1) is 0 Å². The molecule has 0 saturated heterocycles. The molecule has 8 nitrogen and oxygen atoms in total. The maximum Gasteiger partial charge on any atom is 0.362 e. The minimum absolute atomic E-state index is 0.0538. The number of likely N-dealkylation sites (N-methyl/N-ethyl adjacent to an activating group) is 1. The second-order valence-electron chi connectivity index (χ2n) is 18.1. The highest BCUT2D eigenvalue weighted by molar-refractivity contribution is 5.72. The summed E-state index contributed by atoms with van der Waals surface area (Å²) in [6.45, 7) is 4.72. The largest absolute Gasteiger partial charge is 0.477 e. The summed E-state index contributed by atoms with van der Waals surface area (Å²) in [5.41, 5.74) is 0. The minimum Gasteiger partial charge on any atom is -0.477 e. The molecule has 0 radical (unpaired) electrons. The van der Waals surface area contributed by atoms with Crippen molar-refractivity contribution in [2.75, 3.05) is 41.0 Å². The fraction of sp³-hybridized carbons (Fsp3) is 0.827. The molecule has 0 rings (SSSR count). The Balaban J connectivity index is 4.25. The number of esters is 2. The number of quaternary nitrogens is 1. The maximum atomic E-state index is 12.7. The van der Waals surface area contributed by atoms with E-state index in [2.05, 4.69) is 50.3 Å². The molecule has 1 N–H and O–H groups in total. The summed E-state index contributed by atoms with van der Waals surface area (Å²) in [5.74, 6) is -1.49. The van der Waals surface area contributed by atoms with Gasteiger partial charge in [-0.2, -0.15) is 0 Å². The molecule has 0 aliphatic carbocycles.